The minimum atomic E-state index is -0.309. The molecule has 1 atom stereocenters. The Kier molecular flexibility index (Phi) is 3.20. The number of rotatable bonds is 4. The minimum Gasteiger partial charge on any atom is -0.368 e. The van der Waals surface area contributed by atoms with Crippen molar-refractivity contribution in [2.75, 3.05) is 31.5 Å². The fraction of sp³-hybridized carbons (Fsp3) is 0.583. The number of anilines is 1. The van der Waals surface area contributed by atoms with Gasteiger partial charge in [0.05, 0.1) is 0 Å². The number of likely N-dealkylation sites (tertiary alicyclic amines) is 1. The molecular weight excluding hydrogens is 244 g/mol. The smallest absolute Gasteiger partial charge is 0.364 e. The van der Waals surface area contributed by atoms with Gasteiger partial charge in [-0.1, -0.05) is 6.92 Å². The van der Waals surface area contributed by atoms with Crippen LogP contribution < -0.4 is 11.0 Å². The molecule has 7 nitrogen and oxygen atoms in total. The van der Waals surface area contributed by atoms with Crippen molar-refractivity contribution in [3.8, 4) is 0 Å². The minimum absolute atomic E-state index is 0.309. The second-order valence-corrected chi connectivity index (χ2v) is 4.95. The summed E-state index contributed by atoms with van der Waals surface area (Å²) in [5.74, 6) is 1.37. The summed E-state index contributed by atoms with van der Waals surface area (Å²) in [6.07, 6.45) is 1.22. The molecule has 0 bridgehead atoms. The lowest BCUT2D eigenvalue weighted by Gasteiger charge is -2.13. The van der Waals surface area contributed by atoms with Crippen LogP contribution in [-0.2, 0) is 0 Å². The van der Waals surface area contributed by atoms with Crippen LogP contribution in [0.3, 0.4) is 0 Å². The molecule has 0 amide bonds. The molecule has 1 aliphatic rings. The van der Waals surface area contributed by atoms with Gasteiger partial charge < -0.3 is 10.2 Å². The molecule has 3 heterocycles. The van der Waals surface area contributed by atoms with Crippen molar-refractivity contribution in [1.29, 1.82) is 0 Å². The van der Waals surface area contributed by atoms with E-state index in [1.807, 2.05) is 6.07 Å². The second-order valence-electron chi connectivity index (χ2n) is 4.95. The molecule has 2 aromatic heterocycles. The summed E-state index contributed by atoms with van der Waals surface area (Å²) in [7, 11) is 0. The predicted molar refractivity (Wildman–Crippen MR) is 72.3 cm³/mol. The summed E-state index contributed by atoms with van der Waals surface area (Å²) in [6.45, 7) is 6.51. The van der Waals surface area contributed by atoms with E-state index in [0.717, 1.165) is 19.6 Å². The quantitative estimate of drug-likeness (QED) is 0.821. The van der Waals surface area contributed by atoms with Crippen LogP contribution in [0, 0.1) is 5.92 Å². The van der Waals surface area contributed by atoms with Crippen LogP contribution >= 0.6 is 0 Å². The van der Waals surface area contributed by atoms with Gasteiger partial charge in [-0.15, -0.1) is 5.10 Å². The van der Waals surface area contributed by atoms with Crippen LogP contribution in [0.25, 0.3) is 5.65 Å². The maximum Gasteiger partial charge on any atom is 0.364 e. The van der Waals surface area contributed by atoms with E-state index in [-0.39, 0.29) is 5.69 Å². The van der Waals surface area contributed by atoms with E-state index in [1.165, 1.54) is 17.5 Å². The molecule has 3 rings (SSSR count). The van der Waals surface area contributed by atoms with Crippen LogP contribution in [0.4, 0.5) is 5.82 Å². The molecule has 0 aliphatic carbocycles. The molecule has 0 aromatic carbocycles. The number of nitrogens with zero attached hydrogens (tertiary/aromatic N) is 4. The van der Waals surface area contributed by atoms with Gasteiger partial charge in [0.15, 0.2) is 5.65 Å². The lowest BCUT2D eigenvalue weighted by atomic mass is 10.1. The Labute approximate surface area is 110 Å². The first-order chi connectivity index (χ1) is 9.26. The van der Waals surface area contributed by atoms with Crippen molar-refractivity contribution in [3.63, 3.8) is 0 Å². The zero-order chi connectivity index (χ0) is 13.2. The highest BCUT2D eigenvalue weighted by atomic mass is 16.2. The maximum absolute atomic E-state index is 11.4. The molecule has 2 N–H and O–H groups in total. The SMILES string of the molecule is CCN1CCC(CNc2ccc3n[nH]c(=O)n3n2)C1. The van der Waals surface area contributed by atoms with Crippen molar-refractivity contribution in [2.45, 2.75) is 13.3 Å². The van der Waals surface area contributed by atoms with E-state index in [1.54, 1.807) is 6.07 Å². The van der Waals surface area contributed by atoms with Crippen molar-refractivity contribution in [2.24, 2.45) is 5.92 Å². The van der Waals surface area contributed by atoms with Crippen LogP contribution in [-0.4, -0.2) is 50.9 Å². The van der Waals surface area contributed by atoms with Gasteiger partial charge in [0.2, 0.25) is 0 Å². The summed E-state index contributed by atoms with van der Waals surface area (Å²) < 4.78 is 1.27. The van der Waals surface area contributed by atoms with Crippen molar-refractivity contribution in [3.05, 3.63) is 22.6 Å². The van der Waals surface area contributed by atoms with Crippen LogP contribution in [0.5, 0.6) is 0 Å². The topological polar surface area (TPSA) is 78.3 Å². The Balaban J connectivity index is 1.65. The third kappa shape index (κ3) is 2.46. The summed E-state index contributed by atoms with van der Waals surface area (Å²) in [5.41, 5.74) is 0.227. The number of aromatic nitrogens is 4. The Bertz CT molecular complexity index is 618. The summed E-state index contributed by atoms with van der Waals surface area (Å²) in [5, 5.41) is 13.7. The first kappa shape index (κ1) is 12.2. The van der Waals surface area contributed by atoms with Gasteiger partial charge >= 0.3 is 5.69 Å². The molecule has 1 unspecified atom stereocenters. The van der Waals surface area contributed by atoms with Gasteiger partial charge in [0.25, 0.3) is 0 Å². The summed E-state index contributed by atoms with van der Waals surface area (Å²) in [6, 6.07) is 3.63. The highest BCUT2D eigenvalue weighted by molar-refractivity contribution is 5.42. The predicted octanol–water partition coefficient (Wildman–Crippen LogP) is 0.171. The van der Waals surface area contributed by atoms with Gasteiger partial charge in [-0.05, 0) is 37.6 Å². The number of fused-ring (bicyclic) bond motifs is 1. The first-order valence-corrected chi connectivity index (χ1v) is 6.67. The molecule has 19 heavy (non-hydrogen) atoms. The second kappa shape index (κ2) is 5.00. The fourth-order valence-electron chi connectivity index (χ4n) is 2.51. The van der Waals surface area contributed by atoms with E-state index < -0.39 is 0 Å². The number of hydrogen-bond acceptors (Lipinski definition) is 5. The molecular formula is C12H18N6O. The van der Waals surface area contributed by atoms with E-state index in [4.69, 9.17) is 0 Å². The average Bonchev–Trinajstić information content (AvgIpc) is 3.04. The zero-order valence-corrected chi connectivity index (χ0v) is 11.0. The average molecular weight is 262 g/mol. The van der Waals surface area contributed by atoms with E-state index in [9.17, 15) is 4.79 Å². The lowest BCUT2D eigenvalue weighted by molar-refractivity contribution is 0.345. The van der Waals surface area contributed by atoms with Gasteiger partial charge in [0, 0.05) is 13.1 Å². The molecule has 0 saturated carbocycles. The van der Waals surface area contributed by atoms with Gasteiger partial charge in [0.1, 0.15) is 5.82 Å². The van der Waals surface area contributed by atoms with Crippen molar-refractivity contribution < 1.29 is 0 Å². The third-order valence-corrected chi connectivity index (χ3v) is 3.66. The lowest BCUT2D eigenvalue weighted by Crippen LogP contribution is -2.23. The van der Waals surface area contributed by atoms with E-state index >= 15 is 0 Å². The van der Waals surface area contributed by atoms with Gasteiger partial charge in [-0.25, -0.2) is 9.89 Å². The summed E-state index contributed by atoms with van der Waals surface area (Å²) in [4.78, 5) is 13.9. The largest absolute Gasteiger partial charge is 0.368 e. The molecule has 0 radical (unpaired) electrons. The van der Waals surface area contributed by atoms with E-state index in [2.05, 4.69) is 32.4 Å². The zero-order valence-electron chi connectivity index (χ0n) is 11.0. The molecule has 7 heteroatoms. The maximum atomic E-state index is 11.4. The molecule has 102 valence electrons. The fourth-order valence-corrected chi connectivity index (χ4v) is 2.51. The van der Waals surface area contributed by atoms with E-state index in [0.29, 0.717) is 17.4 Å². The molecule has 1 aliphatic heterocycles. The van der Waals surface area contributed by atoms with Crippen molar-refractivity contribution >= 4 is 11.5 Å². The van der Waals surface area contributed by atoms with Crippen LogP contribution in [0.1, 0.15) is 13.3 Å². The molecule has 1 saturated heterocycles. The highest BCUT2D eigenvalue weighted by Gasteiger charge is 2.20. The Morgan fingerprint density at radius 1 is 1.53 bits per heavy atom. The Morgan fingerprint density at radius 2 is 2.42 bits per heavy atom. The number of H-pyrrole nitrogens is 1. The Morgan fingerprint density at radius 3 is 3.21 bits per heavy atom. The number of hydrogen-bond donors (Lipinski definition) is 2. The molecule has 0 spiro atoms. The standard InChI is InChI=1S/C12H18N6O/c1-2-17-6-5-9(8-17)7-13-10-3-4-11-14-15-12(19)18(11)16-10/h3-4,9H,2,5-8H2,1H3,(H,13,16)(H,15,19). The van der Waals surface area contributed by atoms with Gasteiger partial charge in [-0.2, -0.15) is 9.61 Å². The Hall–Kier alpha value is -1.89. The normalized spacial score (nSPS) is 20.2. The monoisotopic (exact) mass is 262 g/mol. The highest BCUT2D eigenvalue weighted by Crippen LogP contribution is 2.16. The third-order valence-electron chi connectivity index (χ3n) is 3.66. The number of aromatic amines is 1. The van der Waals surface area contributed by atoms with Crippen LogP contribution in [0.15, 0.2) is 16.9 Å². The van der Waals surface area contributed by atoms with Crippen LogP contribution in [0.2, 0.25) is 0 Å². The molecule has 1 fully saturated rings. The number of nitrogens with one attached hydrogen (secondary N) is 2. The first-order valence-electron chi connectivity index (χ1n) is 6.67. The molecule has 2 aromatic rings. The summed E-state index contributed by atoms with van der Waals surface area (Å²) >= 11 is 0. The van der Waals surface area contributed by atoms with Crippen molar-refractivity contribution in [1.82, 2.24) is 24.7 Å². The van der Waals surface area contributed by atoms with Gasteiger partial charge in [-0.3, -0.25) is 0 Å².